The van der Waals surface area contributed by atoms with E-state index in [-0.39, 0.29) is 6.03 Å². The molecule has 1 rings (SSSR count). The van der Waals surface area contributed by atoms with Crippen LogP contribution in [0.3, 0.4) is 0 Å². The molecule has 0 unspecified atom stereocenters. The summed E-state index contributed by atoms with van der Waals surface area (Å²) in [6.45, 7) is 3.44. The van der Waals surface area contributed by atoms with Crippen LogP contribution < -0.4 is 5.32 Å². The Bertz CT molecular complexity index is 292. The van der Waals surface area contributed by atoms with E-state index in [2.05, 4.69) is 5.32 Å². The van der Waals surface area contributed by atoms with Crippen molar-refractivity contribution >= 4 is 12.0 Å². The molecule has 0 aromatic carbocycles. The zero-order valence-corrected chi connectivity index (χ0v) is 11.0. The second kappa shape index (κ2) is 7.20. The van der Waals surface area contributed by atoms with Gasteiger partial charge >= 0.3 is 12.0 Å². The number of hydrogen-bond donors (Lipinski definition) is 2. The lowest BCUT2D eigenvalue weighted by Gasteiger charge is -2.20. The summed E-state index contributed by atoms with van der Waals surface area (Å²) >= 11 is 0. The van der Waals surface area contributed by atoms with Crippen molar-refractivity contribution in [1.29, 1.82) is 0 Å². The average Bonchev–Trinajstić information content (AvgIpc) is 3.14. The fraction of sp³-hybridized carbons (Fsp3) is 0.833. The fourth-order valence-corrected chi connectivity index (χ4v) is 1.44. The molecule has 18 heavy (non-hydrogen) atoms. The molecule has 6 heteroatoms. The van der Waals surface area contributed by atoms with Crippen LogP contribution in [-0.2, 0) is 9.53 Å². The molecule has 0 saturated heterocycles. The van der Waals surface area contributed by atoms with E-state index in [9.17, 15) is 9.59 Å². The first-order chi connectivity index (χ1) is 8.54. The Hall–Kier alpha value is -1.30. The van der Waals surface area contributed by atoms with Crippen LogP contribution in [0, 0.1) is 5.92 Å². The Kier molecular flexibility index (Phi) is 5.91. The van der Waals surface area contributed by atoms with Crippen molar-refractivity contribution in [1.82, 2.24) is 10.2 Å². The number of nitrogens with one attached hydrogen (secondary N) is 1. The van der Waals surface area contributed by atoms with Crippen LogP contribution in [0.25, 0.3) is 0 Å². The molecule has 0 aromatic rings. The molecule has 1 aliphatic carbocycles. The number of hydrogen-bond acceptors (Lipinski definition) is 3. The highest BCUT2D eigenvalue weighted by molar-refractivity contribution is 5.82. The first-order valence-corrected chi connectivity index (χ1v) is 6.36. The second-order valence-electron chi connectivity index (χ2n) is 4.69. The molecule has 0 aromatic heterocycles. The molecule has 6 nitrogen and oxygen atoms in total. The zero-order chi connectivity index (χ0) is 13.5. The number of aliphatic carboxylic acids is 1. The summed E-state index contributed by atoms with van der Waals surface area (Å²) in [5.74, 6) is -0.301. The van der Waals surface area contributed by atoms with Gasteiger partial charge < -0.3 is 20.1 Å². The van der Waals surface area contributed by atoms with Gasteiger partial charge in [0.2, 0.25) is 0 Å². The second-order valence-corrected chi connectivity index (χ2v) is 4.69. The Morgan fingerprint density at radius 1 is 1.50 bits per heavy atom. The first-order valence-electron chi connectivity index (χ1n) is 6.36. The van der Waals surface area contributed by atoms with E-state index in [1.54, 1.807) is 14.0 Å². The summed E-state index contributed by atoms with van der Waals surface area (Å²) in [6.07, 6.45) is 2.85. The van der Waals surface area contributed by atoms with Gasteiger partial charge in [0.05, 0.1) is 6.61 Å². The lowest BCUT2D eigenvalue weighted by atomic mass is 10.2. The number of amides is 2. The lowest BCUT2D eigenvalue weighted by Crippen LogP contribution is -2.47. The van der Waals surface area contributed by atoms with Gasteiger partial charge in [-0.15, -0.1) is 0 Å². The molecule has 0 aliphatic heterocycles. The topological polar surface area (TPSA) is 78.9 Å². The van der Waals surface area contributed by atoms with Crippen molar-refractivity contribution in [2.24, 2.45) is 5.92 Å². The van der Waals surface area contributed by atoms with E-state index in [0.29, 0.717) is 25.5 Å². The van der Waals surface area contributed by atoms with Crippen molar-refractivity contribution in [3.8, 4) is 0 Å². The Balaban J connectivity index is 2.15. The van der Waals surface area contributed by atoms with E-state index in [1.807, 2.05) is 0 Å². The molecule has 1 atom stereocenters. The van der Waals surface area contributed by atoms with Gasteiger partial charge in [-0.05, 0) is 25.2 Å². The maximum Gasteiger partial charge on any atom is 0.326 e. The quantitative estimate of drug-likeness (QED) is 0.634. The lowest BCUT2D eigenvalue weighted by molar-refractivity contribution is -0.139. The summed E-state index contributed by atoms with van der Waals surface area (Å²) in [5, 5.41) is 11.3. The normalized spacial score (nSPS) is 16.1. The molecule has 2 N–H and O–H groups in total. The van der Waals surface area contributed by atoms with E-state index in [4.69, 9.17) is 9.84 Å². The Morgan fingerprint density at radius 3 is 2.67 bits per heavy atom. The summed E-state index contributed by atoms with van der Waals surface area (Å²) in [5.41, 5.74) is 0. The molecule has 1 fully saturated rings. The van der Waals surface area contributed by atoms with Gasteiger partial charge in [-0.2, -0.15) is 0 Å². The van der Waals surface area contributed by atoms with Crippen molar-refractivity contribution in [3.05, 3.63) is 0 Å². The van der Waals surface area contributed by atoms with Crippen molar-refractivity contribution < 1.29 is 19.4 Å². The predicted molar refractivity (Wildman–Crippen MR) is 66.4 cm³/mol. The summed E-state index contributed by atoms with van der Waals surface area (Å²) < 4.78 is 5.42. The molecule has 0 heterocycles. The number of carbonyl (C=O) groups excluding carboxylic acids is 1. The van der Waals surface area contributed by atoms with Crippen LogP contribution >= 0.6 is 0 Å². The molecule has 0 spiro atoms. The highest BCUT2D eigenvalue weighted by Crippen LogP contribution is 2.28. The number of ether oxygens (including phenoxy) is 1. The maximum absolute atomic E-state index is 11.7. The minimum atomic E-state index is -1.01. The largest absolute Gasteiger partial charge is 0.480 e. The van der Waals surface area contributed by atoms with Crippen molar-refractivity contribution in [2.45, 2.75) is 32.2 Å². The van der Waals surface area contributed by atoms with Crippen molar-refractivity contribution in [2.75, 3.05) is 26.8 Å². The molecular weight excluding hydrogens is 236 g/mol. The summed E-state index contributed by atoms with van der Waals surface area (Å²) in [6, 6.07) is -1.20. The first kappa shape index (κ1) is 14.8. The highest BCUT2D eigenvalue weighted by atomic mass is 16.5. The zero-order valence-electron chi connectivity index (χ0n) is 11.0. The van der Waals surface area contributed by atoms with E-state index >= 15 is 0 Å². The maximum atomic E-state index is 11.7. The third kappa shape index (κ3) is 5.35. The number of carbonyl (C=O) groups is 2. The number of urea groups is 1. The predicted octanol–water partition coefficient (Wildman–Crippen LogP) is 0.918. The number of carboxylic acids is 1. The van der Waals surface area contributed by atoms with Crippen molar-refractivity contribution in [3.63, 3.8) is 0 Å². The van der Waals surface area contributed by atoms with Gasteiger partial charge in [0.15, 0.2) is 0 Å². The number of nitrogens with zero attached hydrogens (tertiary/aromatic N) is 1. The number of rotatable bonds is 8. The number of likely N-dealkylation sites (N-methyl/N-ethyl adjacent to an activating group) is 1. The molecule has 1 aliphatic rings. The van der Waals surface area contributed by atoms with Gasteiger partial charge in [0, 0.05) is 20.2 Å². The third-order valence-corrected chi connectivity index (χ3v) is 2.97. The highest BCUT2D eigenvalue weighted by Gasteiger charge is 2.22. The Labute approximate surface area is 107 Å². The monoisotopic (exact) mass is 258 g/mol. The van der Waals surface area contributed by atoms with Crippen LogP contribution in [0.2, 0.25) is 0 Å². The smallest absolute Gasteiger partial charge is 0.326 e. The standard InChI is InChI=1S/C12H22N2O4/c1-3-10(11(15)16)13-12(17)14(2)6-7-18-8-9-4-5-9/h9-10H,3-8H2,1-2H3,(H,13,17)(H,15,16)/t10-/m1/s1. The minimum Gasteiger partial charge on any atom is -0.480 e. The SMILES string of the molecule is CC[C@@H](NC(=O)N(C)CCOCC1CC1)C(=O)O. The van der Waals surface area contributed by atoms with E-state index < -0.39 is 12.0 Å². The minimum absolute atomic E-state index is 0.368. The molecule has 0 radical (unpaired) electrons. The Morgan fingerprint density at radius 2 is 2.17 bits per heavy atom. The molecule has 104 valence electrons. The van der Waals surface area contributed by atoms with Gasteiger partial charge in [0.1, 0.15) is 6.04 Å². The van der Waals surface area contributed by atoms with Crippen LogP contribution in [0.1, 0.15) is 26.2 Å². The van der Waals surface area contributed by atoms with E-state index in [0.717, 1.165) is 6.61 Å². The van der Waals surface area contributed by atoms with Crippen LogP contribution in [0.5, 0.6) is 0 Å². The molecule has 1 saturated carbocycles. The summed E-state index contributed by atoms with van der Waals surface area (Å²) in [4.78, 5) is 23.9. The number of carboxylic acid groups (broad SMARTS) is 1. The molecular formula is C12H22N2O4. The third-order valence-electron chi connectivity index (χ3n) is 2.97. The van der Waals surface area contributed by atoms with Crippen LogP contribution in [0.15, 0.2) is 0 Å². The molecule has 0 bridgehead atoms. The van der Waals surface area contributed by atoms with Crippen LogP contribution in [0.4, 0.5) is 4.79 Å². The molecule has 2 amide bonds. The van der Waals surface area contributed by atoms with Gasteiger partial charge in [-0.25, -0.2) is 9.59 Å². The fourth-order valence-electron chi connectivity index (χ4n) is 1.44. The van der Waals surface area contributed by atoms with Gasteiger partial charge in [0.25, 0.3) is 0 Å². The van der Waals surface area contributed by atoms with Gasteiger partial charge in [-0.3, -0.25) is 0 Å². The van der Waals surface area contributed by atoms with Gasteiger partial charge in [-0.1, -0.05) is 6.92 Å². The van der Waals surface area contributed by atoms with Crippen LogP contribution in [-0.4, -0.2) is 54.9 Å². The van der Waals surface area contributed by atoms with E-state index in [1.165, 1.54) is 17.7 Å². The average molecular weight is 258 g/mol. The summed E-state index contributed by atoms with van der Waals surface area (Å²) in [7, 11) is 1.63.